The predicted octanol–water partition coefficient (Wildman–Crippen LogP) is 3.88. The fourth-order valence-corrected chi connectivity index (χ4v) is 2.81. The van der Waals surface area contributed by atoms with Gasteiger partial charge >= 0.3 is 12.3 Å². The Morgan fingerprint density at radius 2 is 1.69 bits per heavy atom. The summed E-state index contributed by atoms with van der Waals surface area (Å²) in [7, 11) is 0. The summed E-state index contributed by atoms with van der Waals surface area (Å²) < 4.78 is 20.3. The zero-order valence-corrected chi connectivity index (χ0v) is 16.5. The summed E-state index contributed by atoms with van der Waals surface area (Å²) in [6.07, 6.45) is -1.98. The maximum atomic E-state index is 12.0. The number of benzene rings is 1. The highest BCUT2D eigenvalue weighted by Crippen LogP contribution is 2.39. The molecular formula is C19H22N2O8. The van der Waals surface area contributed by atoms with Crippen LogP contribution in [0.5, 0.6) is 0 Å². The zero-order chi connectivity index (χ0) is 21.6. The molecule has 1 aliphatic rings. The van der Waals surface area contributed by atoms with Gasteiger partial charge in [-0.15, -0.1) is 0 Å². The number of carbonyl (C=O) groups is 2. The number of para-hydroxylation sites is 1. The molecule has 0 bridgehead atoms. The Morgan fingerprint density at radius 1 is 1.10 bits per heavy atom. The molecule has 0 saturated heterocycles. The Bertz CT molecular complexity index is 875. The average Bonchev–Trinajstić information content (AvgIpc) is 2.66. The van der Waals surface area contributed by atoms with E-state index in [2.05, 4.69) is 5.32 Å². The predicted molar refractivity (Wildman–Crippen MR) is 102 cm³/mol. The van der Waals surface area contributed by atoms with Crippen molar-refractivity contribution in [3.63, 3.8) is 0 Å². The lowest BCUT2D eigenvalue weighted by atomic mass is 9.94. The van der Waals surface area contributed by atoms with Crippen LogP contribution in [-0.4, -0.2) is 36.5 Å². The lowest BCUT2D eigenvalue weighted by Gasteiger charge is -2.29. The van der Waals surface area contributed by atoms with Gasteiger partial charge in [-0.05, 0) is 33.8 Å². The molecule has 2 rings (SSSR count). The molecule has 10 heteroatoms. The average molecular weight is 406 g/mol. The Balaban J connectivity index is 2.70. The number of hydrogen-bond donors (Lipinski definition) is 1. The molecular weight excluding hydrogens is 384 g/mol. The molecule has 1 N–H and O–H groups in total. The van der Waals surface area contributed by atoms with Gasteiger partial charge in [0.2, 0.25) is 0 Å². The van der Waals surface area contributed by atoms with E-state index in [9.17, 15) is 19.7 Å². The Morgan fingerprint density at radius 3 is 2.28 bits per heavy atom. The van der Waals surface area contributed by atoms with Crippen molar-refractivity contribution in [3.05, 3.63) is 57.2 Å². The molecule has 156 valence electrons. The van der Waals surface area contributed by atoms with E-state index in [-0.39, 0.29) is 41.6 Å². The van der Waals surface area contributed by atoms with Crippen molar-refractivity contribution in [3.8, 4) is 0 Å². The summed E-state index contributed by atoms with van der Waals surface area (Å²) in [5.74, 6) is -0.0298. The molecule has 0 saturated carbocycles. The summed E-state index contributed by atoms with van der Waals surface area (Å²) in [5, 5.41) is 14.6. The molecule has 1 aromatic carbocycles. The second kappa shape index (κ2) is 9.58. The van der Waals surface area contributed by atoms with Gasteiger partial charge in [0, 0.05) is 6.07 Å². The van der Waals surface area contributed by atoms with E-state index in [4.69, 9.17) is 18.9 Å². The van der Waals surface area contributed by atoms with Crippen LogP contribution in [0.2, 0.25) is 0 Å². The van der Waals surface area contributed by atoms with Crippen LogP contribution < -0.4 is 5.32 Å². The molecule has 0 radical (unpaired) electrons. The molecule has 0 aromatic heterocycles. The van der Waals surface area contributed by atoms with E-state index in [0.717, 1.165) is 0 Å². The molecule has 1 aromatic rings. The number of carbonyl (C=O) groups excluding carboxylic acids is 2. The summed E-state index contributed by atoms with van der Waals surface area (Å²) in [6, 6.07) is 5.29. The van der Waals surface area contributed by atoms with E-state index < -0.39 is 23.3 Å². The smallest absolute Gasteiger partial charge is 0.434 e. The van der Waals surface area contributed by atoms with Gasteiger partial charge < -0.3 is 24.3 Å². The van der Waals surface area contributed by atoms with Crippen molar-refractivity contribution in [1.29, 1.82) is 0 Å². The first-order chi connectivity index (χ1) is 13.8. The molecule has 1 atom stereocenters. The van der Waals surface area contributed by atoms with Crippen molar-refractivity contribution in [2.75, 3.05) is 13.2 Å². The monoisotopic (exact) mass is 406 g/mol. The fourth-order valence-electron chi connectivity index (χ4n) is 2.81. The second-order valence-corrected chi connectivity index (χ2v) is 5.90. The van der Waals surface area contributed by atoms with Gasteiger partial charge in [0.1, 0.15) is 5.76 Å². The van der Waals surface area contributed by atoms with Gasteiger partial charge in [-0.2, -0.15) is 0 Å². The molecule has 0 spiro atoms. The number of nitro benzene ring substituents is 1. The Kier molecular flexibility index (Phi) is 7.18. The highest BCUT2D eigenvalue weighted by atomic mass is 16.7. The summed E-state index contributed by atoms with van der Waals surface area (Å²) in [4.78, 5) is 34.9. The van der Waals surface area contributed by atoms with Gasteiger partial charge in [0.15, 0.2) is 5.76 Å². The van der Waals surface area contributed by atoms with E-state index in [1.165, 1.54) is 18.2 Å². The summed E-state index contributed by atoms with van der Waals surface area (Å²) in [6.45, 7) is 6.69. The summed E-state index contributed by atoms with van der Waals surface area (Å²) in [5.41, 5.74) is 0.361. The molecule has 1 unspecified atom stereocenters. The van der Waals surface area contributed by atoms with E-state index in [1.54, 1.807) is 33.8 Å². The lowest BCUT2D eigenvalue weighted by Crippen LogP contribution is -2.35. The topological polar surface area (TPSA) is 126 Å². The van der Waals surface area contributed by atoms with E-state index >= 15 is 0 Å². The SMILES string of the molecule is CCOC(=O)OC1=C(C)NC(C)C(OC(=O)OCC)=C1c1ccccc1[N+](=O)[O-]. The highest BCUT2D eigenvalue weighted by molar-refractivity contribution is 5.88. The number of allylic oxidation sites excluding steroid dienone is 2. The quantitative estimate of drug-likeness (QED) is 0.425. The van der Waals surface area contributed by atoms with Crippen LogP contribution in [0.3, 0.4) is 0 Å². The summed E-state index contributed by atoms with van der Waals surface area (Å²) >= 11 is 0. The standard InChI is InChI=1S/C19H22N2O8/c1-5-26-18(22)28-16-11(3)20-12(4)17(29-19(23)27-6-2)15(16)13-9-7-8-10-14(13)21(24)25/h7-11,20H,5-6H2,1-4H3. The molecule has 1 heterocycles. The molecule has 10 nitrogen and oxygen atoms in total. The van der Waals surface area contributed by atoms with Gasteiger partial charge in [-0.1, -0.05) is 12.1 Å². The van der Waals surface area contributed by atoms with Crippen molar-refractivity contribution >= 4 is 23.6 Å². The van der Waals surface area contributed by atoms with Gasteiger partial charge in [0.25, 0.3) is 5.69 Å². The van der Waals surface area contributed by atoms with Crippen molar-refractivity contribution < 1.29 is 33.5 Å². The van der Waals surface area contributed by atoms with Gasteiger partial charge in [0.05, 0.1) is 41.0 Å². The van der Waals surface area contributed by atoms with Crippen LogP contribution in [0.1, 0.15) is 33.3 Å². The van der Waals surface area contributed by atoms with Crippen LogP contribution >= 0.6 is 0 Å². The minimum absolute atomic E-state index is 0.0163. The number of nitrogens with one attached hydrogen (secondary N) is 1. The van der Waals surface area contributed by atoms with Crippen LogP contribution in [-0.2, 0) is 18.9 Å². The largest absolute Gasteiger partial charge is 0.513 e. The second-order valence-electron chi connectivity index (χ2n) is 5.90. The van der Waals surface area contributed by atoms with Crippen LogP contribution in [0.4, 0.5) is 15.3 Å². The van der Waals surface area contributed by atoms with Crippen LogP contribution in [0.15, 0.2) is 41.5 Å². The molecule has 0 fully saturated rings. The third-order valence-electron chi connectivity index (χ3n) is 3.91. The number of nitro groups is 1. The number of ether oxygens (including phenoxy) is 4. The fraction of sp³-hybridized carbons (Fsp3) is 0.368. The van der Waals surface area contributed by atoms with Crippen molar-refractivity contribution in [2.45, 2.75) is 33.7 Å². The maximum absolute atomic E-state index is 12.0. The number of hydrogen-bond acceptors (Lipinski definition) is 9. The van der Waals surface area contributed by atoms with Crippen molar-refractivity contribution in [2.24, 2.45) is 0 Å². The van der Waals surface area contributed by atoms with Gasteiger partial charge in [-0.3, -0.25) is 10.1 Å². The maximum Gasteiger partial charge on any atom is 0.513 e. The van der Waals surface area contributed by atoms with Crippen LogP contribution in [0, 0.1) is 10.1 Å². The number of rotatable bonds is 6. The minimum Gasteiger partial charge on any atom is -0.434 e. The lowest BCUT2D eigenvalue weighted by molar-refractivity contribution is -0.385. The van der Waals surface area contributed by atoms with Crippen LogP contribution in [0.25, 0.3) is 5.57 Å². The molecule has 1 aliphatic heterocycles. The Hall–Kier alpha value is -3.56. The third kappa shape index (κ3) is 5.03. The molecule has 29 heavy (non-hydrogen) atoms. The van der Waals surface area contributed by atoms with Crippen molar-refractivity contribution in [1.82, 2.24) is 5.32 Å². The molecule has 0 amide bonds. The zero-order valence-electron chi connectivity index (χ0n) is 16.5. The highest BCUT2D eigenvalue weighted by Gasteiger charge is 2.35. The van der Waals surface area contributed by atoms with E-state index in [0.29, 0.717) is 5.70 Å². The van der Waals surface area contributed by atoms with E-state index in [1.807, 2.05) is 0 Å². The first kappa shape index (κ1) is 21.7. The number of dihydropyridines is 1. The normalized spacial score (nSPS) is 16.1. The Labute approximate surface area is 167 Å². The third-order valence-corrected chi connectivity index (χ3v) is 3.91. The molecule has 0 aliphatic carbocycles. The van der Waals surface area contributed by atoms with Gasteiger partial charge in [-0.25, -0.2) is 9.59 Å². The first-order valence-corrected chi connectivity index (χ1v) is 8.95. The number of nitrogens with zero attached hydrogens (tertiary/aromatic N) is 1. The first-order valence-electron chi connectivity index (χ1n) is 8.95. The minimum atomic E-state index is -0.996.